The van der Waals surface area contributed by atoms with Gasteiger partial charge in [0, 0.05) is 44.1 Å². The van der Waals surface area contributed by atoms with Crippen LogP contribution >= 0.6 is 0 Å². The van der Waals surface area contributed by atoms with Crippen molar-refractivity contribution in [1.82, 2.24) is 14.5 Å². The number of rotatable bonds is 5. The van der Waals surface area contributed by atoms with Crippen LogP contribution in [0.2, 0.25) is 0 Å². The van der Waals surface area contributed by atoms with Crippen LogP contribution in [-0.2, 0) is 6.54 Å². The minimum atomic E-state index is 0.516. The minimum absolute atomic E-state index is 0.516. The zero-order valence-electron chi connectivity index (χ0n) is 13.7. The molecule has 0 saturated carbocycles. The first-order chi connectivity index (χ1) is 10.8. The van der Waals surface area contributed by atoms with E-state index < -0.39 is 0 Å². The predicted octanol–water partition coefficient (Wildman–Crippen LogP) is 3.77. The molecule has 1 unspecified atom stereocenters. The second kappa shape index (κ2) is 6.95. The van der Waals surface area contributed by atoms with E-state index in [9.17, 15) is 0 Å². The van der Waals surface area contributed by atoms with E-state index >= 15 is 0 Å². The molecule has 2 aromatic heterocycles. The molecular weight excluding hydrogens is 272 g/mol. The first-order valence-corrected chi connectivity index (χ1v) is 8.47. The molecular formula is C18H26N4. The van der Waals surface area contributed by atoms with Crippen molar-refractivity contribution in [1.29, 1.82) is 0 Å². The van der Waals surface area contributed by atoms with Gasteiger partial charge in [0.2, 0.25) is 0 Å². The van der Waals surface area contributed by atoms with Crippen LogP contribution in [-0.4, -0.2) is 27.6 Å². The molecule has 2 aromatic rings. The van der Waals surface area contributed by atoms with Crippen molar-refractivity contribution in [3.05, 3.63) is 42.1 Å². The number of piperidine rings is 1. The molecule has 22 heavy (non-hydrogen) atoms. The summed E-state index contributed by atoms with van der Waals surface area (Å²) >= 11 is 0. The topological polar surface area (TPSA) is 34.0 Å². The average molecular weight is 298 g/mol. The van der Waals surface area contributed by atoms with Crippen molar-refractivity contribution in [3.63, 3.8) is 0 Å². The Morgan fingerprint density at radius 1 is 1.27 bits per heavy atom. The number of aryl methyl sites for hydroxylation is 2. The van der Waals surface area contributed by atoms with Crippen molar-refractivity contribution in [3.8, 4) is 0 Å². The summed E-state index contributed by atoms with van der Waals surface area (Å²) < 4.78 is 2.35. The Labute approximate surface area is 133 Å². The van der Waals surface area contributed by atoms with Crippen molar-refractivity contribution in [2.24, 2.45) is 0 Å². The molecule has 118 valence electrons. The lowest BCUT2D eigenvalue weighted by Gasteiger charge is -2.34. The van der Waals surface area contributed by atoms with Gasteiger partial charge >= 0.3 is 0 Å². The van der Waals surface area contributed by atoms with Crippen LogP contribution in [0.15, 0.2) is 30.7 Å². The largest absolute Gasteiger partial charge is 0.356 e. The predicted molar refractivity (Wildman–Crippen MR) is 90.3 cm³/mol. The highest BCUT2D eigenvalue weighted by Gasteiger charge is 2.25. The number of imidazole rings is 1. The Balaban J connectivity index is 1.76. The molecule has 0 bridgehead atoms. The van der Waals surface area contributed by atoms with Gasteiger partial charge in [-0.15, -0.1) is 0 Å². The van der Waals surface area contributed by atoms with Gasteiger partial charge in [-0.2, -0.15) is 0 Å². The first-order valence-electron chi connectivity index (χ1n) is 8.47. The lowest BCUT2D eigenvalue weighted by molar-refractivity contribution is 0.463. The number of hydrogen-bond donors (Lipinski definition) is 0. The summed E-state index contributed by atoms with van der Waals surface area (Å²) in [6, 6.07) is 4.16. The number of hydrogen-bond acceptors (Lipinski definition) is 3. The maximum Gasteiger partial charge on any atom is 0.131 e. The van der Waals surface area contributed by atoms with Gasteiger partial charge < -0.3 is 9.47 Å². The summed E-state index contributed by atoms with van der Waals surface area (Å²) in [6.45, 7) is 7.60. The third-order valence-corrected chi connectivity index (χ3v) is 4.57. The van der Waals surface area contributed by atoms with Gasteiger partial charge in [0.15, 0.2) is 0 Å². The summed E-state index contributed by atoms with van der Waals surface area (Å²) in [5.41, 5.74) is 1.26. The number of aromatic nitrogens is 3. The Hall–Kier alpha value is -1.84. The van der Waals surface area contributed by atoms with Crippen molar-refractivity contribution in [2.75, 3.05) is 18.0 Å². The highest BCUT2D eigenvalue weighted by molar-refractivity contribution is 5.46. The normalized spacial score (nSPS) is 18.6. The van der Waals surface area contributed by atoms with E-state index in [0.29, 0.717) is 5.92 Å². The number of nitrogens with zero attached hydrogens (tertiary/aromatic N) is 4. The molecule has 0 aromatic carbocycles. The molecule has 0 N–H and O–H groups in total. The quantitative estimate of drug-likeness (QED) is 0.842. The van der Waals surface area contributed by atoms with E-state index in [-0.39, 0.29) is 0 Å². The van der Waals surface area contributed by atoms with Gasteiger partial charge in [0.25, 0.3) is 0 Å². The van der Waals surface area contributed by atoms with Gasteiger partial charge in [-0.3, -0.25) is 0 Å². The first kappa shape index (κ1) is 15.1. The lowest BCUT2D eigenvalue weighted by Crippen LogP contribution is -2.36. The van der Waals surface area contributed by atoms with E-state index in [1.54, 1.807) is 0 Å². The molecule has 1 aliphatic rings. The molecule has 4 heteroatoms. The monoisotopic (exact) mass is 298 g/mol. The number of pyridine rings is 1. The highest BCUT2D eigenvalue weighted by atomic mass is 15.2. The summed E-state index contributed by atoms with van der Waals surface area (Å²) in [5.74, 6) is 2.91. The fourth-order valence-corrected chi connectivity index (χ4v) is 3.39. The number of anilines is 1. The van der Waals surface area contributed by atoms with E-state index in [1.807, 2.05) is 18.5 Å². The van der Waals surface area contributed by atoms with E-state index in [1.165, 1.54) is 37.1 Å². The van der Waals surface area contributed by atoms with Crippen LogP contribution in [0.25, 0.3) is 0 Å². The molecule has 4 nitrogen and oxygen atoms in total. The third-order valence-electron chi connectivity index (χ3n) is 4.57. The number of unbranched alkanes of at least 4 members (excludes halogenated alkanes) is 1. The Bertz CT molecular complexity index is 605. The Morgan fingerprint density at radius 2 is 2.18 bits per heavy atom. The molecule has 0 radical (unpaired) electrons. The Kier molecular flexibility index (Phi) is 4.76. The van der Waals surface area contributed by atoms with Crippen LogP contribution in [0.1, 0.15) is 49.9 Å². The van der Waals surface area contributed by atoms with E-state index in [2.05, 4.69) is 45.5 Å². The summed E-state index contributed by atoms with van der Waals surface area (Å²) in [5, 5.41) is 0. The van der Waals surface area contributed by atoms with Crippen LogP contribution in [0.5, 0.6) is 0 Å². The van der Waals surface area contributed by atoms with Crippen molar-refractivity contribution < 1.29 is 0 Å². The molecule has 1 fully saturated rings. The van der Waals surface area contributed by atoms with Crippen LogP contribution in [0.4, 0.5) is 5.82 Å². The molecule has 3 rings (SSSR count). The fraction of sp³-hybridized carbons (Fsp3) is 0.556. The fourth-order valence-electron chi connectivity index (χ4n) is 3.39. The molecule has 1 saturated heterocycles. The molecule has 1 aliphatic heterocycles. The van der Waals surface area contributed by atoms with Gasteiger partial charge in [0.1, 0.15) is 11.6 Å². The molecule has 0 amide bonds. The van der Waals surface area contributed by atoms with Gasteiger partial charge in [0.05, 0.1) is 0 Å². The van der Waals surface area contributed by atoms with Gasteiger partial charge in [-0.25, -0.2) is 9.97 Å². The molecule has 0 aliphatic carbocycles. The second-order valence-corrected chi connectivity index (χ2v) is 6.26. The second-order valence-electron chi connectivity index (χ2n) is 6.26. The summed E-state index contributed by atoms with van der Waals surface area (Å²) in [6.07, 6.45) is 10.9. The Morgan fingerprint density at radius 3 is 3.00 bits per heavy atom. The SMILES string of the molecule is CCCCn1ccnc1C1CCCN(c2ncccc2C)C1. The summed E-state index contributed by atoms with van der Waals surface area (Å²) in [7, 11) is 0. The molecule has 3 heterocycles. The average Bonchev–Trinajstić information content (AvgIpc) is 3.02. The maximum absolute atomic E-state index is 4.66. The van der Waals surface area contributed by atoms with E-state index in [0.717, 1.165) is 25.5 Å². The lowest BCUT2D eigenvalue weighted by atomic mass is 9.96. The molecule has 1 atom stereocenters. The standard InChI is InChI=1S/C18H26N4/c1-3-4-11-21-13-10-20-18(21)16-8-6-12-22(14-16)17-15(2)7-5-9-19-17/h5,7,9-10,13,16H,3-4,6,8,11-12,14H2,1-2H3. The van der Waals surface area contributed by atoms with Crippen molar-refractivity contribution >= 4 is 5.82 Å². The zero-order chi connectivity index (χ0) is 15.4. The summed E-state index contributed by atoms with van der Waals surface area (Å²) in [4.78, 5) is 11.7. The highest BCUT2D eigenvalue weighted by Crippen LogP contribution is 2.29. The van der Waals surface area contributed by atoms with Crippen LogP contribution in [0, 0.1) is 6.92 Å². The maximum atomic E-state index is 4.66. The molecule has 0 spiro atoms. The van der Waals surface area contributed by atoms with Gasteiger partial charge in [-0.05, 0) is 37.8 Å². The minimum Gasteiger partial charge on any atom is -0.356 e. The van der Waals surface area contributed by atoms with Gasteiger partial charge in [-0.1, -0.05) is 19.4 Å². The smallest absolute Gasteiger partial charge is 0.131 e. The van der Waals surface area contributed by atoms with Crippen LogP contribution in [0.3, 0.4) is 0 Å². The van der Waals surface area contributed by atoms with E-state index in [4.69, 9.17) is 0 Å². The third kappa shape index (κ3) is 3.16. The zero-order valence-corrected chi connectivity index (χ0v) is 13.7. The van der Waals surface area contributed by atoms with Crippen molar-refractivity contribution in [2.45, 2.75) is 52.0 Å². The van der Waals surface area contributed by atoms with Crippen LogP contribution < -0.4 is 4.90 Å².